The van der Waals surface area contributed by atoms with Crippen LogP contribution in [0.3, 0.4) is 0 Å². The van der Waals surface area contributed by atoms with Crippen LogP contribution in [-0.2, 0) is 24.2 Å². The molecule has 1 rings (SSSR count). The first-order valence-electron chi connectivity index (χ1n) is 5.69. The molecule has 0 spiro atoms. The van der Waals surface area contributed by atoms with Gasteiger partial charge in [-0.25, -0.2) is 8.42 Å². The zero-order valence-corrected chi connectivity index (χ0v) is 11.5. The summed E-state index contributed by atoms with van der Waals surface area (Å²) in [5.41, 5.74) is -0.787. The fraction of sp³-hybridized carbons (Fsp3) is 0.818. The highest BCUT2D eigenvalue weighted by Gasteiger charge is 2.46. The Bertz CT molecular complexity index is 441. The number of hydrogen-bond acceptors (Lipinski definition) is 5. The topological polar surface area (TPSA) is 97.7 Å². The van der Waals surface area contributed by atoms with Gasteiger partial charge in [-0.15, -0.1) is 0 Å². The molecule has 0 aromatic carbocycles. The number of carboxylic acid groups (broad SMARTS) is 1. The van der Waals surface area contributed by atoms with Crippen molar-refractivity contribution in [3.05, 3.63) is 0 Å². The molecule has 0 aromatic rings. The molecule has 18 heavy (non-hydrogen) atoms. The second-order valence-electron chi connectivity index (χ2n) is 5.49. The summed E-state index contributed by atoms with van der Waals surface area (Å²) in [5.74, 6) is -3.54. The third-order valence-electron chi connectivity index (χ3n) is 2.42. The number of aliphatic carboxylic acids is 1. The number of ether oxygens (including phenoxy) is 1. The summed E-state index contributed by atoms with van der Waals surface area (Å²) < 4.78 is 28.6. The number of sulfone groups is 1. The van der Waals surface area contributed by atoms with Crippen LogP contribution in [0.5, 0.6) is 0 Å². The summed E-state index contributed by atoms with van der Waals surface area (Å²) in [6.07, 6.45) is 1.15. The molecule has 0 bridgehead atoms. The summed E-state index contributed by atoms with van der Waals surface area (Å²) in [5, 5.41) is 7.45. The van der Waals surface area contributed by atoms with Crippen molar-refractivity contribution in [2.75, 3.05) is 5.75 Å². The number of rotatable bonds is 5. The van der Waals surface area contributed by atoms with Crippen LogP contribution in [0.2, 0.25) is 0 Å². The van der Waals surface area contributed by atoms with Gasteiger partial charge in [0.05, 0.1) is 0 Å². The van der Waals surface area contributed by atoms with Crippen molar-refractivity contribution in [2.24, 2.45) is 5.92 Å². The van der Waals surface area contributed by atoms with Gasteiger partial charge in [-0.2, -0.15) is 0 Å². The van der Waals surface area contributed by atoms with E-state index in [-0.39, 0.29) is 5.92 Å². The number of hydrogen-bond donors (Lipinski definition) is 1. The molecule has 1 atom stereocenters. The van der Waals surface area contributed by atoms with Crippen LogP contribution in [0.1, 0.15) is 33.6 Å². The Kier molecular flexibility index (Phi) is 4.05. The van der Waals surface area contributed by atoms with Gasteiger partial charge in [0, 0.05) is 0 Å². The molecule has 0 heterocycles. The number of carboxylic acids is 1. The predicted octanol–water partition coefficient (Wildman–Crippen LogP) is 0.606. The second-order valence-corrected chi connectivity index (χ2v) is 7.61. The highest BCUT2D eigenvalue weighted by atomic mass is 32.2. The number of carbonyl (C=O) groups excluding carboxylic acids is 1. The SMILES string of the molecule is CC(C)(C)OC(=O)CS(=O)(=O)C(C(=O)O)C1CC1. The Morgan fingerprint density at radius 3 is 2.17 bits per heavy atom. The molecule has 0 amide bonds. The van der Waals surface area contributed by atoms with Crippen LogP contribution in [0, 0.1) is 5.92 Å². The second kappa shape index (κ2) is 4.87. The minimum atomic E-state index is -4.00. The van der Waals surface area contributed by atoms with E-state index in [9.17, 15) is 18.0 Å². The van der Waals surface area contributed by atoms with E-state index in [1.807, 2.05) is 0 Å². The molecule has 1 unspecified atom stereocenters. The summed E-state index contributed by atoms with van der Waals surface area (Å²) in [7, 11) is -4.00. The van der Waals surface area contributed by atoms with E-state index in [2.05, 4.69) is 0 Å². The van der Waals surface area contributed by atoms with E-state index in [1.165, 1.54) is 0 Å². The lowest BCUT2D eigenvalue weighted by Gasteiger charge is -2.20. The minimum absolute atomic E-state index is 0.366. The Morgan fingerprint density at radius 2 is 1.83 bits per heavy atom. The van der Waals surface area contributed by atoms with Crippen LogP contribution in [-0.4, -0.2) is 42.1 Å². The Morgan fingerprint density at radius 1 is 1.33 bits per heavy atom. The maximum absolute atomic E-state index is 11.9. The zero-order valence-electron chi connectivity index (χ0n) is 10.7. The normalized spacial score (nSPS) is 18.2. The van der Waals surface area contributed by atoms with Gasteiger partial charge >= 0.3 is 11.9 Å². The van der Waals surface area contributed by atoms with Crippen LogP contribution < -0.4 is 0 Å². The summed E-state index contributed by atoms with van der Waals surface area (Å²) in [6, 6.07) is 0. The first-order chi connectivity index (χ1) is 8.03. The van der Waals surface area contributed by atoms with Crippen LogP contribution >= 0.6 is 0 Å². The molecule has 0 aromatic heterocycles. The van der Waals surface area contributed by atoms with Gasteiger partial charge in [0.15, 0.2) is 15.1 Å². The molecular formula is C11H18O6S. The van der Waals surface area contributed by atoms with Crippen molar-refractivity contribution in [3.8, 4) is 0 Å². The van der Waals surface area contributed by atoms with Crippen molar-refractivity contribution in [2.45, 2.75) is 44.5 Å². The highest BCUT2D eigenvalue weighted by Crippen LogP contribution is 2.36. The third-order valence-corrected chi connectivity index (χ3v) is 4.42. The molecule has 1 fully saturated rings. The molecule has 0 saturated heterocycles. The van der Waals surface area contributed by atoms with E-state index < -0.39 is 38.4 Å². The molecule has 7 heteroatoms. The van der Waals surface area contributed by atoms with Gasteiger partial charge in [0.25, 0.3) is 0 Å². The van der Waals surface area contributed by atoms with E-state index in [0.717, 1.165) is 0 Å². The fourth-order valence-electron chi connectivity index (χ4n) is 1.67. The third kappa shape index (κ3) is 4.29. The molecule has 0 radical (unpaired) electrons. The fourth-order valence-corrected chi connectivity index (χ4v) is 3.41. The van der Waals surface area contributed by atoms with Crippen molar-refractivity contribution in [3.63, 3.8) is 0 Å². The zero-order chi connectivity index (χ0) is 14.1. The van der Waals surface area contributed by atoms with E-state index in [1.54, 1.807) is 20.8 Å². The highest BCUT2D eigenvalue weighted by molar-refractivity contribution is 7.93. The van der Waals surface area contributed by atoms with Crippen LogP contribution in [0.15, 0.2) is 0 Å². The Balaban J connectivity index is 2.74. The molecule has 1 N–H and O–H groups in total. The van der Waals surface area contributed by atoms with Crippen molar-refractivity contribution in [1.29, 1.82) is 0 Å². The molecule has 1 aliphatic rings. The molecule has 104 valence electrons. The molecule has 1 aliphatic carbocycles. The Labute approximate surface area is 106 Å². The van der Waals surface area contributed by atoms with Crippen molar-refractivity contribution < 1.29 is 27.9 Å². The lowest BCUT2D eigenvalue weighted by Crippen LogP contribution is -2.38. The first kappa shape index (κ1) is 14.9. The van der Waals surface area contributed by atoms with Gasteiger partial charge in [-0.05, 0) is 39.5 Å². The maximum Gasteiger partial charge on any atom is 0.322 e. The van der Waals surface area contributed by atoms with Gasteiger partial charge in [-0.3, -0.25) is 9.59 Å². The maximum atomic E-state index is 11.9. The van der Waals surface area contributed by atoms with E-state index in [4.69, 9.17) is 9.84 Å². The monoisotopic (exact) mass is 278 g/mol. The number of esters is 1. The van der Waals surface area contributed by atoms with Crippen molar-refractivity contribution >= 4 is 21.8 Å². The molecular weight excluding hydrogens is 260 g/mol. The summed E-state index contributed by atoms with van der Waals surface area (Å²) in [6.45, 7) is 4.85. The first-order valence-corrected chi connectivity index (χ1v) is 7.41. The van der Waals surface area contributed by atoms with Crippen LogP contribution in [0.4, 0.5) is 0 Å². The van der Waals surface area contributed by atoms with Gasteiger partial charge in [-0.1, -0.05) is 0 Å². The predicted molar refractivity (Wildman–Crippen MR) is 63.8 cm³/mol. The van der Waals surface area contributed by atoms with Crippen molar-refractivity contribution in [1.82, 2.24) is 0 Å². The van der Waals surface area contributed by atoms with E-state index in [0.29, 0.717) is 12.8 Å². The molecule has 1 saturated carbocycles. The van der Waals surface area contributed by atoms with Gasteiger partial charge < -0.3 is 9.84 Å². The van der Waals surface area contributed by atoms with Crippen LogP contribution in [0.25, 0.3) is 0 Å². The quantitative estimate of drug-likeness (QED) is 0.740. The lowest BCUT2D eigenvalue weighted by molar-refractivity contribution is -0.151. The summed E-state index contributed by atoms with van der Waals surface area (Å²) in [4.78, 5) is 22.4. The average molecular weight is 278 g/mol. The Hall–Kier alpha value is -1.11. The summed E-state index contributed by atoms with van der Waals surface area (Å²) >= 11 is 0. The van der Waals surface area contributed by atoms with E-state index >= 15 is 0 Å². The number of carbonyl (C=O) groups is 2. The van der Waals surface area contributed by atoms with Gasteiger partial charge in [0.1, 0.15) is 11.4 Å². The standard InChI is InChI=1S/C11H18O6S/c1-11(2,3)17-8(12)6-18(15,16)9(10(13)14)7-4-5-7/h7,9H,4-6H2,1-3H3,(H,13,14). The minimum Gasteiger partial charge on any atom is -0.480 e. The lowest BCUT2D eigenvalue weighted by atomic mass is 10.2. The smallest absolute Gasteiger partial charge is 0.322 e. The average Bonchev–Trinajstić information content (AvgIpc) is 2.80. The molecule has 0 aliphatic heterocycles. The van der Waals surface area contributed by atoms with Gasteiger partial charge in [0.2, 0.25) is 0 Å². The largest absolute Gasteiger partial charge is 0.480 e. The molecule has 6 nitrogen and oxygen atoms in total.